The molecule has 0 aromatic heterocycles. The molecule has 1 aromatic carbocycles. The van der Waals surface area contributed by atoms with Crippen LogP contribution in [0.15, 0.2) is 23.1 Å². The third kappa shape index (κ3) is 3.53. The molecule has 0 unspecified atom stereocenters. The van der Waals surface area contributed by atoms with E-state index in [4.69, 9.17) is 16.7 Å². The summed E-state index contributed by atoms with van der Waals surface area (Å²) in [5.41, 5.74) is -1.06. The van der Waals surface area contributed by atoms with E-state index in [0.717, 1.165) is 18.9 Å². The predicted octanol–water partition coefficient (Wildman–Crippen LogP) is 2.54. The lowest BCUT2D eigenvalue weighted by Gasteiger charge is -2.28. The van der Waals surface area contributed by atoms with E-state index < -0.39 is 32.2 Å². The van der Waals surface area contributed by atoms with Crippen molar-refractivity contribution in [3.05, 3.63) is 29.0 Å². The minimum atomic E-state index is -4.17. The molecule has 0 amide bonds. The summed E-state index contributed by atoms with van der Waals surface area (Å²) in [6.45, 7) is 0. The number of carboxylic acids is 1. The molecule has 0 spiro atoms. The molecule has 116 valence electrons. The molecular formula is C13H15ClFNO4S. The molecule has 0 heterocycles. The molecule has 2 N–H and O–H groups in total. The summed E-state index contributed by atoms with van der Waals surface area (Å²) in [6.07, 6.45) is 1.97. The Morgan fingerprint density at radius 2 is 2.00 bits per heavy atom. The van der Waals surface area contributed by atoms with Crippen LogP contribution >= 0.6 is 11.6 Å². The van der Waals surface area contributed by atoms with E-state index in [0.29, 0.717) is 12.8 Å². The minimum absolute atomic E-state index is 0.295. The Kier molecular flexibility index (Phi) is 4.55. The van der Waals surface area contributed by atoms with Crippen molar-refractivity contribution in [2.24, 2.45) is 0 Å². The van der Waals surface area contributed by atoms with Gasteiger partial charge in [-0.15, -0.1) is 0 Å². The average molecular weight is 336 g/mol. The monoisotopic (exact) mass is 335 g/mol. The maximum absolute atomic E-state index is 13.9. The highest BCUT2D eigenvalue weighted by molar-refractivity contribution is 7.89. The Morgan fingerprint density at radius 3 is 2.57 bits per heavy atom. The van der Waals surface area contributed by atoms with E-state index in [-0.39, 0.29) is 11.4 Å². The summed E-state index contributed by atoms with van der Waals surface area (Å²) in [5, 5.41) is 8.68. The number of sulfonamides is 1. The smallest absolute Gasteiger partial charge is 0.305 e. The lowest BCUT2D eigenvalue weighted by Crippen LogP contribution is -2.47. The van der Waals surface area contributed by atoms with Gasteiger partial charge in [0.2, 0.25) is 10.0 Å². The number of rotatable bonds is 5. The largest absolute Gasteiger partial charge is 0.481 e. The molecule has 5 nitrogen and oxygen atoms in total. The van der Waals surface area contributed by atoms with Crippen LogP contribution in [0.4, 0.5) is 4.39 Å². The summed E-state index contributed by atoms with van der Waals surface area (Å²) < 4.78 is 41.0. The summed E-state index contributed by atoms with van der Waals surface area (Å²) in [5.74, 6) is -2.12. The second kappa shape index (κ2) is 5.90. The molecule has 0 radical (unpaired) electrons. The molecule has 1 fully saturated rings. The normalized spacial score (nSPS) is 17.8. The van der Waals surface area contributed by atoms with Gasteiger partial charge in [0.15, 0.2) is 5.82 Å². The quantitative estimate of drug-likeness (QED) is 0.866. The molecule has 0 bridgehead atoms. The zero-order valence-electron chi connectivity index (χ0n) is 11.1. The van der Waals surface area contributed by atoms with Gasteiger partial charge in [-0.2, -0.15) is 0 Å². The van der Waals surface area contributed by atoms with Crippen molar-refractivity contribution in [1.29, 1.82) is 0 Å². The number of carboxylic acid groups (broad SMARTS) is 1. The van der Waals surface area contributed by atoms with E-state index in [1.807, 2.05) is 0 Å². The molecule has 21 heavy (non-hydrogen) atoms. The fourth-order valence-electron chi connectivity index (χ4n) is 2.69. The third-order valence-electron chi connectivity index (χ3n) is 3.61. The van der Waals surface area contributed by atoms with Crippen molar-refractivity contribution in [3.8, 4) is 0 Å². The number of nitrogens with one attached hydrogen (secondary N) is 1. The molecule has 1 aliphatic carbocycles. The second-order valence-electron chi connectivity index (χ2n) is 5.22. The maximum Gasteiger partial charge on any atom is 0.305 e. The van der Waals surface area contributed by atoms with Gasteiger partial charge in [0.1, 0.15) is 4.90 Å². The van der Waals surface area contributed by atoms with Crippen molar-refractivity contribution < 1.29 is 22.7 Å². The lowest BCUT2D eigenvalue weighted by molar-refractivity contribution is -0.138. The van der Waals surface area contributed by atoms with E-state index in [9.17, 15) is 17.6 Å². The van der Waals surface area contributed by atoms with Crippen LogP contribution in [-0.2, 0) is 14.8 Å². The van der Waals surface area contributed by atoms with Crippen molar-refractivity contribution in [1.82, 2.24) is 4.72 Å². The zero-order chi connectivity index (χ0) is 15.7. The number of hydrogen-bond acceptors (Lipinski definition) is 3. The Hall–Kier alpha value is -1.18. The van der Waals surface area contributed by atoms with Crippen molar-refractivity contribution >= 4 is 27.6 Å². The number of carbonyl (C=O) groups is 1. The molecule has 8 heteroatoms. The number of hydrogen-bond donors (Lipinski definition) is 2. The van der Waals surface area contributed by atoms with Crippen molar-refractivity contribution in [2.45, 2.75) is 42.5 Å². The number of halogens is 2. The zero-order valence-corrected chi connectivity index (χ0v) is 12.7. The highest BCUT2D eigenvalue weighted by atomic mass is 35.5. The first-order chi connectivity index (χ1) is 9.76. The molecule has 0 saturated heterocycles. The van der Waals surface area contributed by atoms with Crippen LogP contribution in [0.5, 0.6) is 0 Å². The molecular weight excluding hydrogens is 321 g/mol. The van der Waals surface area contributed by atoms with Gasteiger partial charge in [0, 0.05) is 5.54 Å². The van der Waals surface area contributed by atoms with Crippen molar-refractivity contribution in [3.63, 3.8) is 0 Å². The fourth-order valence-corrected chi connectivity index (χ4v) is 4.48. The summed E-state index contributed by atoms with van der Waals surface area (Å²) >= 11 is 5.59. The topological polar surface area (TPSA) is 83.5 Å². The Morgan fingerprint density at radius 1 is 1.38 bits per heavy atom. The Labute approximate surface area is 127 Å². The molecule has 2 rings (SSSR count). The standard InChI is InChI=1S/C13H15ClFNO4S/c14-9-4-3-5-10(12(9)15)21(19,20)16-13(8-11(17)18)6-1-2-7-13/h3-5,16H,1-2,6-8H2,(H,17,18). The second-order valence-corrected chi connectivity index (χ2v) is 7.27. The molecule has 1 aromatic rings. The van der Waals surface area contributed by atoms with Gasteiger partial charge in [-0.25, -0.2) is 17.5 Å². The SMILES string of the molecule is O=C(O)CC1(NS(=O)(=O)c2cccc(Cl)c2F)CCCC1. The summed E-state index contributed by atoms with van der Waals surface area (Å²) in [4.78, 5) is 10.4. The van der Waals surface area contributed by atoms with E-state index in [1.165, 1.54) is 12.1 Å². The predicted molar refractivity (Wildman–Crippen MR) is 75.2 cm³/mol. The van der Waals surface area contributed by atoms with Crippen LogP contribution in [0.1, 0.15) is 32.1 Å². The van der Waals surface area contributed by atoms with Gasteiger partial charge in [-0.3, -0.25) is 4.79 Å². The van der Waals surface area contributed by atoms with Crippen LogP contribution in [0, 0.1) is 5.82 Å². The van der Waals surface area contributed by atoms with Crippen LogP contribution in [0.25, 0.3) is 0 Å². The number of benzene rings is 1. The number of aliphatic carboxylic acids is 1. The minimum Gasteiger partial charge on any atom is -0.481 e. The third-order valence-corrected chi connectivity index (χ3v) is 5.49. The van der Waals surface area contributed by atoms with Crippen LogP contribution in [0.3, 0.4) is 0 Å². The van der Waals surface area contributed by atoms with Crippen LogP contribution < -0.4 is 4.72 Å². The first-order valence-electron chi connectivity index (χ1n) is 6.46. The molecule has 1 aliphatic rings. The lowest BCUT2D eigenvalue weighted by atomic mass is 9.95. The van der Waals surface area contributed by atoms with Crippen molar-refractivity contribution in [2.75, 3.05) is 0 Å². The first kappa shape index (κ1) is 16.2. The highest BCUT2D eigenvalue weighted by Crippen LogP contribution is 2.34. The van der Waals surface area contributed by atoms with Crippen LogP contribution in [-0.4, -0.2) is 25.0 Å². The van der Waals surface area contributed by atoms with Gasteiger partial charge in [0.25, 0.3) is 0 Å². The maximum atomic E-state index is 13.9. The highest BCUT2D eigenvalue weighted by Gasteiger charge is 2.40. The van der Waals surface area contributed by atoms with Crippen LogP contribution in [0.2, 0.25) is 5.02 Å². The van der Waals surface area contributed by atoms with Gasteiger partial charge < -0.3 is 5.11 Å². The van der Waals surface area contributed by atoms with E-state index in [2.05, 4.69) is 4.72 Å². The first-order valence-corrected chi connectivity index (χ1v) is 8.32. The van der Waals surface area contributed by atoms with Gasteiger partial charge in [0.05, 0.1) is 11.4 Å². The molecule has 0 aliphatic heterocycles. The molecule has 0 atom stereocenters. The van der Waals surface area contributed by atoms with Gasteiger partial charge >= 0.3 is 5.97 Å². The Balaban J connectivity index is 2.35. The average Bonchev–Trinajstić information content (AvgIpc) is 2.78. The summed E-state index contributed by atoms with van der Waals surface area (Å²) in [6, 6.07) is 3.68. The van der Waals surface area contributed by atoms with Gasteiger partial charge in [-0.1, -0.05) is 30.5 Å². The Bertz CT molecular complexity index is 656. The van der Waals surface area contributed by atoms with E-state index >= 15 is 0 Å². The fraction of sp³-hybridized carbons (Fsp3) is 0.462. The van der Waals surface area contributed by atoms with E-state index in [1.54, 1.807) is 0 Å². The molecule has 1 saturated carbocycles. The van der Waals surface area contributed by atoms with Gasteiger partial charge in [-0.05, 0) is 25.0 Å². The summed E-state index contributed by atoms with van der Waals surface area (Å²) in [7, 11) is -4.17.